The Morgan fingerprint density at radius 2 is 2.35 bits per heavy atom. The van der Waals surface area contributed by atoms with Gasteiger partial charge in [-0.2, -0.15) is 0 Å². The molecule has 0 bridgehead atoms. The van der Waals surface area contributed by atoms with Gasteiger partial charge in [0.1, 0.15) is 5.69 Å². The van der Waals surface area contributed by atoms with Gasteiger partial charge >= 0.3 is 0 Å². The number of H-pyrrole nitrogens is 1. The topological polar surface area (TPSA) is 57.8 Å². The first-order chi connectivity index (χ1) is 8.25. The van der Waals surface area contributed by atoms with Crippen LogP contribution in [0.5, 0.6) is 0 Å². The third-order valence-corrected chi connectivity index (χ3v) is 2.74. The maximum Gasteiger partial charge on any atom is 0.267 e. The second kappa shape index (κ2) is 5.63. The number of carbonyl (C=O) groups excluding carboxylic acids is 1. The summed E-state index contributed by atoms with van der Waals surface area (Å²) in [6.07, 6.45) is 4.21. The smallest absolute Gasteiger partial charge is 0.267 e. The van der Waals surface area contributed by atoms with Crippen LogP contribution in [-0.4, -0.2) is 22.4 Å². The molecule has 2 heterocycles. The molecule has 0 aliphatic rings. The van der Waals surface area contributed by atoms with E-state index in [0.29, 0.717) is 12.2 Å². The van der Waals surface area contributed by atoms with Crippen molar-refractivity contribution in [1.82, 2.24) is 15.3 Å². The van der Waals surface area contributed by atoms with Crippen molar-refractivity contribution in [3.05, 3.63) is 52.5 Å². The maximum atomic E-state index is 11.7. The van der Waals surface area contributed by atoms with Gasteiger partial charge in [-0.15, -0.1) is 0 Å². The summed E-state index contributed by atoms with van der Waals surface area (Å²) in [5.74, 6) is -0.105. The molecule has 0 unspecified atom stereocenters. The molecule has 5 heteroatoms. The third kappa shape index (κ3) is 3.42. The molecule has 88 valence electrons. The number of hydrogen-bond donors (Lipinski definition) is 2. The zero-order valence-electron chi connectivity index (χ0n) is 9.11. The number of hydrogen-bond acceptors (Lipinski definition) is 2. The van der Waals surface area contributed by atoms with Crippen LogP contribution in [0.2, 0.25) is 0 Å². The number of aromatic nitrogens is 2. The third-order valence-electron chi connectivity index (χ3n) is 2.29. The minimum Gasteiger partial charge on any atom is -0.356 e. The first-order valence-electron chi connectivity index (χ1n) is 5.28. The number of nitrogens with one attached hydrogen (secondary N) is 2. The Morgan fingerprint density at radius 1 is 1.47 bits per heavy atom. The summed E-state index contributed by atoms with van der Waals surface area (Å²) in [4.78, 5) is 18.7. The predicted octanol–water partition coefficient (Wildman–Crippen LogP) is 2.14. The average Bonchev–Trinajstić information content (AvgIpc) is 2.77. The highest BCUT2D eigenvalue weighted by Gasteiger charge is 2.06. The summed E-state index contributed by atoms with van der Waals surface area (Å²) in [6, 6.07) is 7.50. The van der Waals surface area contributed by atoms with Crippen molar-refractivity contribution >= 4 is 21.8 Å². The van der Waals surface area contributed by atoms with E-state index in [2.05, 4.69) is 31.2 Å². The quantitative estimate of drug-likeness (QED) is 0.907. The van der Waals surface area contributed by atoms with Crippen molar-refractivity contribution in [2.75, 3.05) is 6.54 Å². The summed E-state index contributed by atoms with van der Waals surface area (Å²) in [5, 5.41) is 2.83. The van der Waals surface area contributed by atoms with Gasteiger partial charge in [-0.25, -0.2) is 0 Å². The lowest BCUT2D eigenvalue weighted by Crippen LogP contribution is -2.26. The second-order valence-electron chi connectivity index (χ2n) is 3.56. The molecule has 0 fully saturated rings. The van der Waals surface area contributed by atoms with Gasteiger partial charge in [-0.1, -0.05) is 6.07 Å². The molecule has 4 nitrogen and oxygen atoms in total. The zero-order chi connectivity index (χ0) is 12.1. The van der Waals surface area contributed by atoms with Crippen LogP contribution in [0.4, 0.5) is 0 Å². The molecule has 2 aromatic heterocycles. The highest BCUT2D eigenvalue weighted by molar-refractivity contribution is 9.10. The normalized spacial score (nSPS) is 10.2. The van der Waals surface area contributed by atoms with E-state index in [-0.39, 0.29) is 5.91 Å². The fourth-order valence-electron chi connectivity index (χ4n) is 1.44. The van der Waals surface area contributed by atoms with Crippen molar-refractivity contribution in [2.45, 2.75) is 6.42 Å². The molecule has 2 N–H and O–H groups in total. The Bertz CT molecular complexity index is 495. The SMILES string of the molecule is O=C(NCCc1ccccn1)c1cc(Br)c[nH]1. The van der Waals surface area contributed by atoms with Crippen LogP contribution in [0.1, 0.15) is 16.2 Å². The summed E-state index contributed by atoms with van der Waals surface area (Å²) in [5.41, 5.74) is 1.53. The Kier molecular flexibility index (Phi) is 3.93. The van der Waals surface area contributed by atoms with E-state index in [0.717, 1.165) is 16.6 Å². The number of halogens is 1. The van der Waals surface area contributed by atoms with Gasteiger partial charge in [-0.05, 0) is 34.1 Å². The first kappa shape index (κ1) is 11.9. The molecule has 0 saturated heterocycles. The lowest BCUT2D eigenvalue weighted by Gasteiger charge is -2.03. The van der Waals surface area contributed by atoms with E-state index < -0.39 is 0 Å². The number of amides is 1. The van der Waals surface area contributed by atoms with E-state index in [1.54, 1.807) is 18.5 Å². The molecule has 2 aromatic rings. The van der Waals surface area contributed by atoms with Crippen molar-refractivity contribution in [1.29, 1.82) is 0 Å². The highest BCUT2D eigenvalue weighted by atomic mass is 79.9. The standard InChI is InChI=1S/C12H12BrN3O/c13-9-7-11(16-8-9)12(17)15-6-4-10-3-1-2-5-14-10/h1-3,5,7-8,16H,4,6H2,(H,15,17). The van der Waals surface area contributed by atoms with Gasteiger partial charge in [0.25, 0.3) is 5.91 Å². The molecule has 17 heavy (non-hydrogen) atoms. The zero-order valence-corrected chi connectivity index (χ0v) is 10.7. The van der Waals surface area contributed by atoms with E-state index in [1.165, 1.54) is 0 Å². The lowest BCUT2D eigenvalue weighted by molar-refractivity contribution is 0.0949. The van der Waals surface area contributed by atoms with Crippen LogP contribution < -0.4 is 5.32 Å². The second-order valence-corrected chi connectivity index (χ2v) is 4.47. The Labute approximate surface area is 108 Å². The van der Waals surface area contributed by atoms with Crippen LogP contribution in [0.3, 0.4) is 0 Å². The number of rotatable bonds is 4. The summed E-state index contributed by atoms with van der Waals surface area (Å²) in [7, 11) is 0. The number of nitrogens with zero attached hydrogens (tertiary/aromatic N) is 1. The summed E-state index contributed by atoms with van der Waals surface area (Å²) in [6.45, 7) is 0.576. The average molecular weight is 294 g/mol. The van der Waals surface area contributed by atoms with Crippen molar-refractivity contribution < 1.29 is 4.79 Å². The van der Waals surface area contributed by atoms with E-state index in [4.69, 9.17) is 0 Å². The van der Waals surface area contributed by atoms with Gasteiger partial charge in [0.05, 0.1) is 0 Å². The lowest BCUT2D eigenvalue weighted by atomic mass is 10.2. The fourth-order valence-corrected chi connectivity index (χ4v) is 1.79. The van der Waals surface area contributed by atoms with Crippen LogP contribution >= 0.6 is 15.9 Å². The number of carbonyl (C=O) groups is 1. The first-order valence-corrected chi connectivity index (χ1v) is 6.07. The minimum atomic E-state index is -0.105. The van der Waals surface area contributed by atoms with Crippen LogP contribution in [0.15, 0.2) is 41.1 Å². The molecule has 0 aliphatic carbocycles. The molecular formula is C12H12BrN3O. The van der Waals surface area contributed by atoms with Gasteiger partial charge < -0.3 is 10.3 Å². The van der Waals surface area contributed by atoms with Crippen LogP contribution in [0.25, 0.3) is 0 Å². The molecule has 0 atom stereocenters. The molecule has 0 saturated carbocycles. The summed E-state index contributed by atoms with van der Waals surface area (Å²) >= 11 is 3.28. The minimum absolute atomic E-state index is 0.105. The van der Waals surface area contributed by atoms with Gasteiger partial charge in [-0.3, -0.25) is 9.78 Å². The van der Waals surface area contributed by atoms with Gasteiger partial charge in [0, 0.05) is 35.5 Å². The highest BCUT2D eigenvalue weighted by Crippen LogP contribution is 2.10. The van der Waals surface area contributed by atoms with Crippen molar-refractivity contribution in [2.24, 2.45) is 0 Å². The molecule has 0 radical (unpaired) electrons. The number of aromatic amines is 1. The summed E-state index contributed by atoms with van der Waals surface area (Å²) < 4.78 is 0.868. The molecule has 1 amide bonds. The molecule has 2 rings (SSSR count). The Hall–Kier alpha value is -1.62. The molecular weight excluding hydrogens is 282 g/mol. The van der Waals surface area contributed by atoms with Crippen molar-refractivity contribution in [3.8, 4) is 0 Å². The fraction of sp³-hybridized carbons (Fsp3) is 0.167. The molecule has 0 aromatic carbocycles. The Morgan fingerprint density at radius 3 is 3.00 bits per heavy atom. The Balaban J connectivity index is 1.81. The maximum absolute atomic E-state index is 11.7. The van der Waals surface area contributed by atoms with Gasteiger partial charge in [0.2, 0.25) is 0 Å². The number of pyridine rings is 1. The monoisotopic (exact) mass is 293 g/mol. The predicted molar refractivity (Wildman–Crippen MR) is 68.8 cm³/mol. The van der Waals surface area contributed by atoms with E-state index >= 15 is 0 Å². The van der Waals surface area contributed by atoms with Crippen LogP contribution in [-0.2, 0) is 6.42 Å². The van der Waals surface area contributed by atoms with E-state index in [9.17, 15) is 4.79 Å². The van der Waals surface area contributed by atoms with Crippen LogP contribution in [0, 0.1) is 0 Å². The largest absolute Gasteiger partial charge is 0.356 e. The molecule has 0 aliphatic heterocycles. The molecule has 0 spiro atoms. The van der Waals surface area contributed by atoms with Crippen molar-refractivity contribution in [3.63, 3.8) is 0 Å². The van der Waals surface area contributed by atoms with E-state index in [1.807, 2.05) is 18.2 Å². The van der Waals surface area contributed by atoms with Gasteiger partial charge in [0.15, 0.2) is 0 Å².